The third kappa shape index (κ3) is 5.70. The van der Waals surface area contributed by atoms with Crippen molar-refractivity contribution < 1.29 is 19.4 Å². The summed E-state index contributed by atoms with van der Waals surface area (Å²) in [5, 5.41) is 13.9. The number of nitrogens with two attached hydrogens (primary N) is 1. The van der Waals surface area contributed by atoms with Crippen LogP contribution in [0.3, 0.4) is 0 Å². The van der Waals surface area contributed by atoms with Gasteiger partial charge in [-0.15, -0.1) is 0 Å². The molecule has 162 valence electrons. The Morgan fingerprint density at radius 3 is 2.83 bits per heavy atom. The number of likely N-dealkylation sites (N-methyl/N-ethyl adjacent to an activating group) is 1. The molecule has 1 aliphatic carbocycles. The number of H-pyrrole nitrogens is 1. The molecule has 1 saturated carbocycles. The molecule has 5 N–H and O–H groups in total. The Morgan fingerprint density at radius 1 is 1.45 bits per heavy atom. The van der Waals surface area contributed by atoms with Crippen LogP contribution in [0.4, 0.5) is 4.79 Å². The topological polar surface area (TPSA) is 134 Å². The van der Waals surface area contributed by atoms with E-state index in [0.717, 1.165) is 18.5 Å². The zero-order valence-corrected chi connectivity index (χ0v) is 17.0. The molecule has 0 radical (unpaired) electrons. The number of aromatic amines is 1. The Bertz CT molecular complexity index is 662. The van der Waals surface area contributed by atoms with Gasteiger partial charge in [0.25, 0.3) is 0 Å². The summed E-state index contributed by atoms with van der Waals surface area (Å²) in [6.07, 6.45) is 7.88. The van der Waals surface area contributed by atoms with E-state index in [1.54, 1.807) is 17.4 Å². The molecule has 1 aromatic heterocycles. The van der Waals surface area contributed by atoms with E-state index in [-0.39, 0.29) is 5.91 Å². The van der Waals surface area contributed by atoms with Gasteiger partial charge in [0.1, 0.15) is 12.2 Å². The Hall–Kier alpha value is -2.13. The number of aliphatic hydroxyl groups excluding tert-OH is 1. The van der Waals surface area contributed by atoms with Gasteiger partial charge in [0.05, 0.1) is 25.0 Å². The van der Waals surface area contributed by atoms with Gasteiger partial charge in [-0.2, -0.15) is 0 Å². The maximum absolute atomic E-state index is 12.7. The lowest BCUT2D eigenvalue weighted by Crippen LogP contribution is -2.54. The molecule has 2 amide bonds. The Labute approximate surface area is 171 Å². The van der Waals surface area contributed by atoms with Crippen molar-refractivity contribution in [2.75, 3.05) is 13.1 Å². The number of aliphatic hydroxyl groups is 1. The van der Waals surface area contributed by atoms with Crippen LogP contribution in [0.1, 0.15) is 51.1 Å². The fraction of sp³-hybridized carbons (Fsp3) is 0.750. The molecule has 0 aromatic carbocycles. The lowest BCUT2D eigenvalue weighted by atomic mass is 9.83. The van der Waals surface area contributed by atoms with Crippen LogP contribution in [0.15, 0.2) is 12.5 Å². The van der Waals surface area contributed by atoms with Gasteiger partial charge in [-0.1, -0.05) is 32.1 Å². The highest BCUT2D eigenvalue weighted by molar-refractivity contribution is 5.82. The molecular weight excluding hydrogens is 374 g/mol. The van der Waals surface area contributed by atoms with E-state index in [0.29, 0.717) is 31.8 Å². The Kier molecular flexibility index (Phi) is 7.49. The quantitative estimate of drug-likeness (QED) is 0.481. The van der Waals surface area contributed by atoms with Crippen molar-refractivity contribution in [1.82, 2.24) is 20.2 Å². The third-order valence-electron chi connectivity index (χ3n) is 6.06. The van der Waals surface area contributed by atoms with Gasteiger partial charge in [-0.3, -0.25) is 4.79 Å². The van der Waals surface area contributed by atoms with Crippen LogP contribution < -0.4 is 11.1 Å². The minimum absolute atomic E-state index is 0.323. The first kappa shape index (κ1) is 21.6. The van der Waals surface area contributed by atoms with E-state index in [1.165, 1.54) is 19.3 Å². The van der Waals surface area contributed by atoms with E-state index in [2.05, 4.69) is 15.3 Å². The van der Waals surface area contributed by atoms with Crippen LogP contribution in [0.5, 0.6) is 0 Å². The number of amides is 2. The predicted molar refractivity (Wildman–Crippen MR) is 107 cm³/mol. The highest BCUT2D eigenvalue weighted by atomic mass is 16.6. The van der Waals surface area contributed by atoms with E-state index < -0.39 is 30.4 Å². The molecule has 2 fully saturated rings. The van der Waals surface area contributed by atoms with E-state index >= 15 is 0 Å². The van der Waals surface area contributed by atoms with Gasteiger partial charge in [-0.25, -0.2) is 9.78 Å². The molecule has 9 heteroatoms. The van der Waals surface area contributed by atoms with Gasteiger partial charge in [0, 0.05) is 24.9 Å². The second-order valence-corrected chi connectivity index (χ2v) is 8.19. The zero-order chi connectivity index (χ0) is 20.8. The second kappa shape index (κ2) is 10.1. The maximum atomic E-state index is 12.7. The highest BCUT2D eigenvalue weighted by Crippen LogP contribution is 2.29. The summed E-state index contributed by atoms with van der Waals surface area (Å²) in [7, 11) is 0. The lowest BCUT2D eigenvalue weighted by Gasteiger charge is -2.32. The molecule has 0 bridgehead atoms. The summed E-state index contributed by atoms with van der Waals surface area (Å²) in [5.74, 6) is 0.114. The molecule has 29 heavy (non-hydrogen) atoms. The number of hydrogen-bond acceptors (Lipinski definition) is 6. The van der Waals surface area contributed by atoms with Crippen molar-refractivity contribution in [2.45, 2.75) is 76.2 Å². The third-order valence-corrected chi connectivity index (χ3v) is 6.06. The van der Waals surface area contributed by atoms with Crippen LogP contribution in [0.25, 0.3) is 0 Å². The zero-order valence-electron chi connectivity index (χ0n) is 17.0. The first-order chi connectivity index (χ1) is 14.0. The van der Waals surface area contributed by atoms with Crippen molar-refractivity contribution in [3.63, 3.8) is 0 Å². The smallest absolute Gasteiger partial charge is 0.410 e. The van der Waals surface area contributed by atoms with Gasteiger partial charge >= 0.3 is 6.09 Å². The number of rotatable bonds is 9. The summed E-state index contributed by atoms with van der Waals surface area (Å²) in [6.45, 7) is 2.72. The number of carbonyl (C=O) groups is 2. The number of carbonyl (C=O) groups excluding carboxylic acids is 2. The van der Waals surface area contributed by atoms with Crippen molar-refractivity contribution in [2.24, 2.45) is 11.7 Å². The average molecular weight is 408 g/mol. The van der Waals surface area contributed by atoms with Crippen LogP contribution >= 0.6 is 0 Å². The number of ether oxygens (including phenoxy) is 1. The number of nitrogens with one attached hydrogen (secondary N) is 2. The molecule has 9 nitrogen and oxygen atoms in total. The molecule has 2 heterocycles. The van der Waals surface area contributed by atoms with E-state index in [9.17, 15) is 14.7 Å². The van der Waals surface area contributed by atoms with E-state index in [4.69, 9.17) is 10.5 Å². The first-order valence-electron chi connectivity index (χ1n) is 10.6. The number of hydrogen-bond donors (Lipinski definition) is 4. The molecule has 4 atom stereocenters. The fourth-order valence-electron chi connectivity index (χ4n) is 4.31. The standard InChI is InChI=1S/C20H33N5O4/c1-2-25-11-17(29-20(25)28)18(26)16(8-13-6-4-3-5-7-13)24-19(27)15(21)9-14-10-22-12-23-14/h10,12-13,15-18,26H,2-9,11,21H2,1H3,(H,22,23)(H,24,27)/t15-,16-,17-,18+/m0/s1. The molecule has 3 rings (SSSR count). The van der Waals surface area contributed by atoms with Crippen molar-refractivity contribution in [3.8, 4) is 0 Å². The molecule has 0 spiro atoms. The second-order valence-electron chi connectivity index (χ2n) is 8.19. The summed E-state index contributed by atoms with van der Waals surface area (Å²) < 4.78 is 5.37. The Balaban J connectivity index is 1.64. The van der Waals surface area contributed by atoms with Crippen LogP contribution in [-0.2, 0) is 16.0 Å². The summed E-state index contributed by atoms with van der Waals surface area (Å²) in [5.41, 5.74) is 6.85. The SMILES string of the molecule is CCN1C[C@@H]([C@H](O)[C@H](CC2CCCCC2)NC(=O)[C@@H](N)Cc2cnc[nH]2)OC1=O. The Morgan fingerprint density at radius 2 is 2.21 bits per heavy atom. The van der Waals surface area contributed by atoms with Crippen LogP contribution in [-0.4, -0.2) is 69.4 Å². The van der Waals surface area contributed by atoms with Gasteiger partial charge in [0.15, 0.2) is 0 Å². The molecule has 2 aliphatic rings. The molecule has 1 aliphatic heterocycles. The summed E-state index contributed by atoms with van der Waals surface area (Å²) >= 11 is 0. The number of aromatic nitrogens is 2. The maximum Gasteiger partial charge on any atom is 0.410 e. The van der Waals surface area contributed by atoms with Crippen molar-refractivity contribution in [3.05, 3.63) is 18.2 Å². The van der Waals surface area contributed by atoms with Crippen LogP contribution in [0.2, 0.25) is 0 Å². The summed E-state index contributed by atoms with van der Waals surface area (Å²) in [6, 6.07) is -1.26. The van der Waals surface area contributed by atoms with E-state index in [1.807, 2.05) is 6.92 Å². The average Bonchev–Trinajstić information content (AvgIpc) is 3.36. The minimum Gasteiger partial charge on any atom is -0.441 e. The van der Waals surface area contributed by atoms with Crippen molar-refractivity contribution in [1.29, 1.82) is 0 Å². The molecule has 0 unspecified atom stereocenters. The number of cyclic esters (lactones) is 1. The minimum atomic E-state index is -0.972. The summed E-state index contributed by atoms with van der Waals surface area (Å²) in [4.78, 5) is 33.1. The number of nitrogens with zero attached hydrogens (tertiary/aromatic N) is 2. The molecular formula is C20H33N5O4. The lowest BCUT2D eigenvalue weighted by molar-refractivity contribution is -0.124. The molecule has 1 saturated heterocycles. The monoisotopic (exact) mass is 407 g/mol. The van der Waals surface area contributed by atoms with Gasteiger partial charge in [-0.05, 0) is 19.3 Å². The van der Waals surface area contributed by atoms with Crippen LogP contribution in [0, 0.1) is 5.92 Å². The first-order valence-corrected chi connectivity index (χ1v) is 10.6. The predicted octanol–water partition coefficient (Wildman–Crippen LogP) is 0.936. The highest BCUT2D eigenvalue weighted by Gasteiger charge is 2.40. The van der Waals surface area contributed by atoms with Crippen molar-refractivity contribution >= 4 is 12.0 Å². The normalized spacial score (nSPS) is 23.5. The van der Waals surface area contributed by atoms with Gasteiger partial charge < -0.3 is 30.8 Å². The van der Waals surface area contributed by atoms with Gasteiger partial charge in [0.2, 0.25) is 5.91 Å². The number of imidazole rings is 1. The fourth-order valence-corrected chi connectivity index (χ4v) is 4.31. The largest absolute Gasteiger partial charge is 0.441 e. The molecule has 1 aromatic rings.